The molecule has 2 heterocycles. The number of fused-ring (bicyclic) bond motifs is 1. The molecule has 0 spiro atoms. The number of amides is 1. The number of nitrogens with zero attached hydrogens (tertiary/aromatic N) is 3. The lowest BCUT2D eigenvalue weighted by atomic mass is 10.3. The van der Waals surface area contributed by atoms with Crippen LogP contribution in [-0.4, -0.2) is 29.4 Å². The zero-order valence-electron chi connectivity index (χ0n) is 12.5. The molecule has 1 aromatic carbocycles. The minimum Gasteiger partial charge on any atom is -0.376 e. The van der Waals surface area contributed by atoms with E-state index in [-0.39, 0.29) is 16.4 Å². The number of carbonyl (C=O) groups is 1. The van der Waals surface area contributed by atoms with Gasteiger partial charge in [0, 0.05) is 26.5 Å². The van der Waals surface area contributed by atoms with Gasteiger partial charge in [-0.2, -0.15) is 0 Å². The van der Waals surface area contributed by atoms with Crippen LogP contribution in [0, 0.1) is 5.82 Å². The quantitative estimate of drug-likeness (QED) is 0.799. The van der Waals surface area contributed by atoms with Gasteiger partial charge in [-0.3, -0.25) is 4.79 Å². The Morgan fingerprint density at radius 2 is 2.04 bits per heavy atom. The summed E-state index contributed by atoms with van der Waals surface area (Å²) < 4.78 is 15.6. The van der Waals surface area contributed by atoms with Crippen molar-refractivity contribution in [3.05, 3.63) is 59.3 Å². The first kappa shape index (κ1) is 15.3. The summed E-state index contributed by atoms with van der Waals surface area (Å²) in [5.74, 6) is -1.16. The second kappa shape index (κ2) is 5.89. The molecule has 0 saturated carbocycles. The van der Waals surface area contributed by atoms with Gasteiger partial charge in [-0.1, -0.05) is 17.7 Å². The molecule has 0 atom stereocenters. The predicted octanol–water partition coefficient (Wildman–Crippen LogP) is 3.45. The van der Waals surface area contributed by atoms with E-state index in [4.69, 9.17) is 11.6 Å². The van der Waals surface area contributed by atoms with Crippen molar-refractivity contribution < 1.29 is 9.18 Å². The molecule has 0 unspecified atom stereocenters. The van der Waals surface area contributed by atoms with Gasteiger partial charge in [-0.15, -0.1) is 0 Å². The maximum atomic E-state index is 13.8. The highest BCUT2D eigenvalue weighted by Crippen LogP contribution is 2.22. The van der Waals surface area contributed by atoms with Gasteiger partial charge in [0.25, 0.3) is 5.91 Å². The maximum Gasteiger partial charge on any atom is 0.275 e. The number of carbonyl (C=O) groups excluding carboxylic acids is 1. The van der Waals surface area contributed by atoms with Crippen LogP contribution in [0.1, 0.15) is 10.5 Å². The number of hydrogen-bond acceptors (Lipinski definition) is 3. The molecule has 5 nitrogen and oxygen atoms in total. The third kappa shape index (κ3) is 2.98. The molecule has 118 valence electrons. The maximum absolute atomic E-state index is 13.8. The molecule has 0 bridgehead atoms. The molecule has 1 N–H and O–H groups in total. The molecular formula is C16H14ClFN4O. The number of benzene rings is 1. The van der Waals surface area contributed by atoms with Crippen LogP contribution in [0.3, 0.4) is 0 Å². The van der Waals surface area contributed by atoms with Gasteiger partial charge >= 0.3 is 0 Å². The molecule has 1 amide bonds. The van der Waals surface area contributed by atoms with Crippen LogP contribution < -0.4 is 10.2 Å². The molecular weight excluding hydrogens is 319 g/mol. The Morgan fingerprint density at radius 3 is 2.78 bits per heavy atom. The predicted molar refractivity (Wildman–Crippen MR) is 88.9 cm³/mol. The molecule has 7 heteroatoms. The molecule has 3 aromatic rings. The van der Waals surface area contributed by atoms with E-state index >= 15 is 0 Å². The summed E-state index contributed by atoms with van der Waals surface area (Å²) in [6, 6.07) is 8.14. The van der Waals surface area contributed by atoms with Gasteiger partial charge in [-0.05, 0) is 24.3 Å². The van der Waals surface area contributed by atoms with Crippen molar-refractivity contribution in [1.82, 2.24) is 9.38 Å². The first-order chi connectivity index (χ1) is 11.0. The summed E-state index contributed by atoms with van der Waals surface area (Å²) in [4.78, 5) is 18.4. The van der Waals surface area contributed by atoms with Crippen molar-refractivity contribution in [1.29, 1.82) is 0 Å². The third-order valence-electron chi connectivity index (χ3n) is 3.38. The van der Waals surface area contributed by atoms with Gasteiger partial charge in [-0.25, -0.2) is 9.37 Å². The van der Waals surface area contributed by atoms with E-state index in [0.29, 0.717) is 5.65 Å². The van der Waals surface area contributed by atoms with Crippen molar-refractivity contribution >= 4 is 34.5 Å². The standard InChI is InChI=1S/C16H14ClFN4O/c1-21(2)10-6-7-14-19-13(9-22(14)8-10)16(23)20-12-5-3-4-11(17)15(12)18/h3-9H,1-2H3,(H,20,23). The largest absolute Gasteiger partial charge is 0.376 e. The van der Waals surface area contributed by atoms with E-state index in [1.807, 2.05) is 37.3 Å². The number of halogens is 2. The Balaban J connectivity index is 1.90. The fourth-order valence-electron chi connectivity index (χ4n) is 2.14. The van der Waals surface area contributed by atoms with Crippen molar-refractivity contribution in [2.24, 2.45) is 0 Å². The Bertz CT molecular complexity index is 891. The van der Waals surface area contributed by atoms with E-state index in [0.717, 1.165) is 5.69 Å². The van der Waals surface area contributed by atoms with Gasteiger partial charge in [0.2, 0.25) is 0 Å². The second-order valence-electron chi connectivity index (χ2n) is 5.23. The summed E-state index contributed by atoms with van der Waals surface area (Å²) in [6.45, 7) is 0. The number of anilines is 2. The molecule has 0 radical (unpaired) electrons. The third-order valence-corrected chi connectivity index (χ3v) is 3.68. The highest BCUT2D eigenvalue weighted by atomic mass is 35.5. The molecule has 0 aliphatic heterocycles. The SMILES string of the molecule is CN(C)c1ccc2nc(C(=O)Nc3cccc(Cl)c3F)cn2c1. The van der Waals surface area contributed by atoms with Gasteiger partial charge in [0.1, 0.15) is 11.3 Å². The van der Waals surface area contributed by atoms with E-state index in [2.05, 4.69) is 10.3 Å². The number of pyridine rings is 1. The van der Waals surface area contributed by atoms with Crippen molar-refractivity contribution in [3.63, 3.8) is 0 Å². The minimum absolute atomic E-state index is 0.0218. The number of nitrogens with one attached hydrogen (secondary N) is 1. The van der Waals surface area contributed by atoms with E-state index in [1.165, 1.54) is 12.1 Å². The Labute approximate surface area is 137 Å². The first-order valence-corrected chi connectivity index (χ1v) is 7.25. The molecule has 0 aliphatic carbocycles. The van der Waals surface area contributed by atoms with Crippen molar-refractivity contribution in [2.45, 2.75) is 0 Å². The number of hydrogen-bond donors (Lipinski definition) is 1. The van der Waals surface area contributed by atoms with Crippen molar-refractivity contribution in [2.75, 3.05) is 24.3 Å². The van der Waals surface area contributed by atoms with Crippen LogP contribution in [0.15, 0.2) is 42.7 Å². The summed E-state index contributed by atoms with van der Waals surface area (Å²) in [7, 11) is 3.85. The zero-order valence-corrected chi connectivity index (χ0v) is 13.3. The first-order valence-electron chi connectivity index (χ1n) is 6.87. The topological polar surface area (TPSA) is 49.6 Å². The second-order valence-corrected chi connectivity index (χ2v) is 5.64. The van der Waals surface area contributed by atoms with E-state index in [1.54, 1.807) is 16.7 Å². The average molecular weight is 333 g/mol. The smallest absolute Gasteiger partial charge is 0.275 e. The van der Waals surface area contributed by atoms with Crippen LogP contribution in [0.25, 0.3) is 5.65 Å². The van der Waals surface area contributed by atoms with E-state index < -0.39 is 11.7 Å². The zero-order chi connectivity index (χ0) is 16.6. The van der Waals surface area contributed by atoms with Gasteiger partial charge in [0.05, 0.1) is 16.4 Å². The summed E-state index contributed by atoms with van der Waals surface area (Å²) >= 11 is 5.70. The summed E-state index contributed by atoms with van der Waals surface area (Å²) in [5.41, 5.74) is 1.82. The molecule has 3 rings (SSSR count). The Morgan fingerprint density at radius 1 is 1.26 bits per heavy atom. The lowest BCUT2D eigenvalue weighted by Gasteiger charge is -2.11. The normalized spacial score (nSPS) is 10.8. The highest BCUT2D eigenvalue weighted by molar-refractivity contribution is 6.31. The van der Waals surface area contributed by atoms with E-state index in [9.17, 15) is 9.18 Å². The molecule has 0 saturated heterocycles. The molecule has 23 heavy (non-hydrogen) atoms. The van der Waals surface area contributed by atoms with Crippen LogP contribution in [0.4, 0.5) is 15.8 Å². The Hall–Kier alpha value is -2.60. The summed E-state index contributed by atoms with van der Waals surface area (Å²) in [6.07, 6.45) is 3.46. The van der Waals surface area contributed by atoms with Crippen LogP contribution in [0.2, 0.25) is 5.02 Å². The number of rotatable bonds is 3. The monoisotopic (exact) mass is 332 g/mol. The average Bonchev–Trinajstić information content (AvgIpc) is 2.95. The van der Waals surface area contributed by atoms with Crippen molar-refractivity contribution in [3.8, 4) is 0 Å². The number of aromatic nitrogens is 2. The Kier molecular flexibility index (Phi) is 3.92. The molecule has 0 fully saturated rings. The van der Waals surface area contributed by atoms with Crippen LogP contribution in [-0.2, 0) is 0 Å². The lowest BCUT2D eigenvalue weighted by Crippen LogP contribution is -2.13. The van der Waals surface area contributed by atoms with Crippen LogP contribution >= 0.6 is 11.6 Å². The summed E-state index contributed by atoms with van der Waals surface area (Å²) in [5, 5.41) is 2.43. The highest BCUT2D eigenvalue weighted by Gasteiger charge is 2.14. The molecule has 0 aliphatic rings. The number of imidazole rings is 1. The lowest BCUT2D eigenvalue weighted by molar-refractivity contribution is 0.102. The molecule has 2 aromatic heterocycles. The van der Waals surface area contributed by atoms with Crippen LogP contribution in [0.5, 0.6) is 0 Å². The fourth-order valence-corrected chi connectivity index (χ4v) is 2.32. The van der Waals surface area contributed by atoms with Gasteiger partial charge in [0.15, 0.2) is 5.82 Å². The fraction of sp³-hybridized carbons (Fsp3) is 0.125. The minimum atomic E-state index is -0.666. The van der Waals surface area contributed by atoms with Gasteiger partial charge < -0.3 is 14.6 Å².